The Labute approximate surface area is 154 Å². The van der Waals surface area contributed by atoms with E-state index in [-0.39, 0.29) is 0 Å². The Morgan fingerprint density at radius 3 is 0.731 bits per heavy atom. The molecule has 26 heavy (non-hydrogen) atoms. The molecule has 0 N–H and O–H groups in total. The van der Waals surface area contributed by atoms with Crippen molar-refractivity contribution in [2.75, 3.05) is 26.2 Å². The van der Waals surface area contributed by atoms with Crippen LogP contribution in [0.5, 0.6) is 0 Å². The van der Waals surface area contributed by atoms with Gasteiger partial charge in [-0.1, -0.05) is 38.5 Å². The van der Waals surface area contributed by atoms with Gasteiger partial charge in [-0.15, -0.1) is 0 Å². The van der Waals surface area contributed by atoms with Crippen LogP contribution < -0.4 is 0 Å². The fourth-order valence-electron chi connectivity index (χ4n) is 2.01. The molecular formula is C18H28N4O4. The van der Waals surface area contributed by atoms with Gasteiger partial charge in [-0.2, -0.15) is 0 Å². The summed E-state index contributed by atoms with van der Waals surface area (Å²) in [5.74, 6) is 0. The van der Waals surface area contributed by atoms with Gasteiger partial charge in [0.2, 0.25) is 24.3 Å². The largest absolute Gasteiger partial charge is 0.234 e. The summed E-state index contributed by atoms with van der Waals surface area (Å²) in [5.41, 5.74) is 0. The van der Waals surface area contributed by atoms with Gasteiger partial charge in [0, 0.05) is 0 Å². The summed E-state index contributed by atoms with van der Waals surface area (Å²) in [6.45, 7) is 2.30. The van der Waals surface area contributed by atoms with E-state index in [0.29, 0.717) is 26.2 Å². The van der Waals surface area contributed by atoms with Crippen molar-refractivity contribution < 1.29 is 19.2 Å². The van der Waals surface area contributed by atoms with Crippen molar-refractivity contribution in [3.05, 3.63) is 0 Å². The van der Waals surface area contributed by atoms with Gasteiger partial charge in [0.15, 0.2) is 0 Å². The number of rotatable bonds is 16. The van der Waals surface area contributed by atoms with Crippen molar-refractivity contribution in [1.82, 2.24) is 0 Å². The van der Waals surface area contributed by atoms with Gasteiger partial charge in [-0.25, -0.2) is 39.1 Å². The summed E-state index contributed by atoms with van der Waals surface area (Å²) in [5, 5.41) is 0. The Morgan fingerprint density at radius 1 is 0.346 bits per heavy atom. The van der Waals surface area contributed by atoms with Crippen molar-refractivity contribution in [2.45, 2.75) is 64.2 Å². The maximum atomic E-state index is 9.71. The second-order valence-corrected chi connectivity index (χ2v) is 5.43. The fourth-order valence-corrected chi connectivity index (χ4v) is 2.01. The molecule has 0 aromatic heterocycles. The third-order valence-electron chi connectivity index (χ3n) is 3.34. The van der Waals surface area contributed by atoms with E-state index in [1.165, 1.54) is 24.3 Å². The van der Waals surface area contributed by atoms with Crippen molar-refractivity contribution in [3.63, 3.8) is 0 Å². The highest BCUT2D eigenvalue weighted by Gasteiger charge is 1.90. The highest BCUT2D eigenvalue weighted by molar-refractivity contribution is 5.33. The maximum Gasteiger partial charge on any atom is 0.234 e. The van der Waals surface area contributed by atoms with Gasteiger partial charge in [-0.3, -0.25) is 0 Å². The molecule has 0 aromatic rings. The second-order valence-electron chi connectivity index (χ2n) is 5.43. The lowest BCUT2D eigenvalue weighted by Gasteiger charge is -1.97. The van der Waals surface area contributed by atoms with Crippen LogP contribution in [0, 0.1) is 0 Å². The molecule has 144 valence electrons. The van der Waals surface area contributed by atoms with Gasteiger partial charge in [0.1, 0.15) is 0 Å². The summed E-state index contributed by atoms with van der Waals surface area (Å²) in [6, 6.07) is 0. The van der Waals surface area contributed by atoms with Gasteiger partial charge >= 0.3 is 0 Å². The van der Waals surface area contributed by atoms with E-state index in [0.717, 1.165) is 64.2 Å². The Bertz CT molecular complexity index is 453. The third kappa shape index (κ3) is 29.5. The minimum absolute atomic E-state index is 0.556. The lowest BCUT2D eigenvalue weighted by Crippen LogP contribution is -1.84. The van der Waals surface area contributed by atoms with Crippen LogP contribution in [0.1, 0.15) is 64.2 Å². The SMILES string of the molecule is O=C=NCCCCCCCCN=C=O.O=C=NCCCCCCN=C=O. The Hall–Kier alpha value is -2.48. The molecule has 0 bridgehead atoms. The lowest BCUT2D eigenvalue weighted by atomic mass is 10.1. The number of hydrogen-bond donors (Lipinski definition) is 0. The zero-order chi connectivity index (χ0) is 19.6. The summed E-state index contributed by atoms with van der Waals surface area (Å²) >= 11 is 0. The van der Waals surface area contributed by atoms with Crippen LogP contribution >= 0.6 is 0 Å². The molecule has 0 saturated heterocycles. The average molecular weight is 364 g/mol. The predicted molar refractivity (Wildman–Crippen MR) is 98.1 cm³/mol. The highest BCUT2D eigenvalue weighted by Crippen LogP contribution is 2.05. The third-order valence-corrected chi connectivity index (χ3v) is 3.34. The van der Waals surface area contributed by atoms with Crippen LogP contribution in [-0.2, 0) is 19.2 Å². The van der Waals surface area contributed by atoms with Crippen molar-refractivity contribution in [2.24, 2.45) is 20.0 Å². The van der Waals surface area contributed by atoms with E-state index in [4.69, 9.17) is 0 Å². The molecule has 0 aromatic carbocycles. The second kappa shape index (κ2) is 27.4. The quantitative estimate of drug-likeness (QED) is 0.237. The first kappa shape index (κ1) is 25.8. The molecule has 0 rings (SSSR count). The van der Waals surface area contributed by atoms with Gasteiger partial charge in [0.25, 0.3) is 0 Å². The first-order chi connectivity index (χ1) is 12.8. The van der Waals surface area contributed by atoms with Crippen molar-refractivity contribution in [1.29, 1.82) is 0 Å². The summed E-state index contributed by atoms with van der Waals surface area (Å²) in [7, 11) is 0. The first-order valence-corrected chi connectivity index (χ1v) is 8.98. The molecule has 0 aliphatic heterocycles. The average Bonchev–Trinajstić information content (AvgIpc) is 2.66. The number of hydrogen-bond acceptors (Lipinski definition) is 8. The Balaban J connectivity index is 0. The van der Waals surface area contributed by atoms with Crippen LogP contribution in [0.4, 0.5) is 0 Å². The standard InChI is InChI=1S/C10H16N2O2.C8H12N2O2/c13-9-11-7-5-3-1-2-4-6-8-12-10-14;11-7-9-5-3-1-2-4-6-10-8-12/h1-8H2;1-6H2. The number of unbranched alkanes of at least 4 members (excludes halogenated alkanes) is 8. The van der Waals surface area contributed by atoms with Crippen molar-refractivity contribution in [3.8, 4) is 0 Å². The zero-order valence-corrected chi connectivity index (χ0v) is 15.3. The molecule has 8 heteroatoms. The molecule has 0 saturated carbocycles. The topological polar surface area (TPSA) is 118 Å². The summed E-state index contributed by atoms with van der Waals surface area (Å²) < 4.78 is 0. The number of carbonyl (C=O) groups excluding carboxylic acids is 4. The molecule has 0 atom stereocenters. The molecule has 8 nitrogen and oxygen atoms in total. The molecule has 0 unspecified atom stereocenters. The Kier molecular flexibility index (Phi) is 27.1. The predicted octanol–water partition coefficient (Wildman–Crippen LogP) is 3.22. The number of isocyanates is 4. The fraction of sp³-hybridized carbons (Fsp3) is 0.778. The number of nitrogens with zero attached hydrogens (tertiary/aromatic N) is 4. The Morgan fingerprint density at radius 2 is 0.538 bits per heavy atom. The smallest absolute Gasteiger partial charge is 0.211 e. The van der Waals surface area contributed by atoms with Gasteiger partial charge in [0.05, 0.1) is 26.2 Å². The maximum absolute atomic E-state index is 9.71. The van der Waals surface area contributed by atoms with Crippen LogP contribution in [-0.4, -0.2) is 50.5 Å². The minimum Gasteiger partial charge on any atom is -0.211 e. The molecule has 0 amide bonds. The van der Waals surface area contributed by atoms with E-state index >= 15 is 0 Å². The minimum atomic E-state index is 0.556. The van der Waals surface area contributed by atoms with E-state index in [9.17, 15) is 19.2 Å². The van der Waals surface area contributed by atoms with Crippen LogP contribution in [0.3, 0.4) is 0 Å². The molecule has 0 heterocycles. The van der Waals surface area contributed by atoms with Crippen LogP contribution in [0.2, 0.25) is 0 Å². The lowest BCUT2D eigenvalue weighted by molar-refractivity contribution is 0.557. The summed E-state index contributed by atoms with van der Waals surface area (Å²) in [6.07, 6.45) is 16.3. The van der Waals surface area contributed by atoms with Crippen LogP contribution in [0.15, 0.2) is 20.0 Å². The number of aliphatic imine (C=N–C) groups is 4. The van der Waals surface area contributed by atoms with Crippen LogP contribution in [0.25, 0.3) is 0 Å². The van der Waals surface area contributed by atoms with E-state index in [1.54, 1.807) is 0 Å². The van der Waals surface area contributed by atoms with E-state index in [1.807, 2.05) is 0 Å². The molecule has 0 aliphatic rings. The molecule has 0 aliphatic carbocycles. The monoisotopic (exact) mass is 364 g/mol. The van der Waals surface area contributed by atoms with Crippen molar-refractivity contribution >= 4 is 24.3 Å². The normalized spacial score (nSPS) is 8.62. The zero-order valence-electron chi connectivity index (χ0n) is 15.3. The molecule has 0 fully saturated rings. The van der Waals surface area contributed by atoms with E-state index in [2.05, 4.69) is 20.0 Å². The van der Waals surface area contributed by atoms with Gasteiger partial charge in [-0.05, 0) is 25.7 Å². The molecule has 0 radical (unpaired) electrons. The molecule has 0 spiro atoms. The highest BCUT2D eigenvalue weighted by atomic mass is 16.1. The first-order valence-electron chi connectivity index (χ1n) is 8.98. The van der Waals surface area contributed by atoms with E-state index < -0.39 is 0 Å². The summed E-state index contributed by atoms with van der Waals surface area (Å²) in [4.78, 5) is 52.4. The van der Waals surface area contributed by atoms with Gasteiger partial charge < -0.3 is 0 Å². The molecular weight excluding hydrogens is 336 g/mol.